The molecule has 1 heterocycles. The van der Waals surface area contributed by atoms with Crippen molar-refractivity contribution in [3.8, 4) is 11.6 Å². The third kappa shape index (κ3) is 3.32. The van der Waals surface area contributed by atoms with Gasteiger partial charge in [-0.25, -0.2) is 9.37 Å². The van der Waals surface area contributed by atoms with Gasteiger partial charge in [-0.05, 0) is 31.5 Å². The number of ether oxygens (including phenoxy) is 1. The molecule has 0 amide bonds. The summed E-state index contributed by atoms with van der Waals surface area (Å²) in [4.78, 5) is 8.07. The van der Waals surface area contributed by atoms with Crippen LogP contribution >= 0.6 is 11.6 Å². The molecule has 0 aliphatic heterocycles. The van der Waals surface area contributed by atoms with Crippen molar-refractivity contribution in [3.63, 3.8) is 0 Å². The maximum absolute atomic E-state index is 13.6. The van der Waals surface area contributed by atoms with Gasteiger partial charge in [0.05, 0.1) is 6.20 Å². The number of benzene rings is 1. The summed E-state index contributed by atoms with van der Waals surface area (Å²) in [5, 5.41) is 3.16. The summed E-state index contributed by atoms with van der Waals surface area (Å²) in [6.45, 7) is 4.43. The molecule has 0 fully saturated rings. The van der Waals surface area contributed by atoms with Gasteiger partial charge in [-0.1, -0.05) is 17.7 Å². The average Bonchev–Trinajstić information content (AvgIpc) is 2.38. The van der Waals surface area contributed by atoms with Gasteiger partial charge in [0.1, 0.15) is 5.02 Å². The Morgan fingerprint density at radius 3 is 2.95 bits per heavy atom. The van der Waals surface area contributed by atoms with E-state index >= 15 is 0 Å². The molecule has 2 aromatic rings. The Hall–Kier alpha value is -1.88. The predicted molar refractivity (Wildman–Crippen MR) is 72.4 cm³/mol. The molecule has 0 saturated heterocycles. The van der Waals surface area contributed by atoms with Crippen LogP contribution in [0.4, 0.5) is 10.3 Å². The van der Waals surface area contributed by atoms with Crippen molar-refractivity contribution in [1.29, 1.82) is 0 Å². The molecule has 1 aromatic heterocycles. The van der Waals surface area contributed by atoms with E-state index in [-0.39, 0.29) is 16.7 Å². The van der Waals surface area contributed by atoms with Crippen LogP contribution in [0.3, 0.4) is 0 Å². The minimum absolute atomic E-state index is 0.0862. The van der Waals surface area contributed by atoms with Gasteiger partial charge in [0.2, 0.25) is 11.8 Å². The highest BCUT2D eigenvalue weighted by atomic mass is 35.5. The lowest BCUT2D eigenvalue weighted by Gasteiger charge is -2.09. The molecule has 0 unspecified atom stereocenters. The molecule has 2 rings (SSSR count). The third-order valence-corrected chi connectivity index (χ3v) is 2.60. The quantitative estimate of drug-likeness (QED) is 0.926. The molecular formula is C13H13ClFN3O. The minimum Gasteiger partial charge on any atom is -0.434 e. The lowest BCUT2D eigenvalue weighted by atomic mass is 10.2. The number of hydrogen-bond acceptors (Lipinski definition) is 4. The summed E-state index contributed by atoms with van der Waals surface area (Å²) < 4.78 is 19.0. The SMILES string of the molecule is CCNc1ncc(Cl)c(Oc2cc(C)ccc2F)n1. The van der Waals surface area contributed by atoms with E-state index in [4.69, 9.17) is 16.3 Å². The number of aromatic nitrogens is 2. The van der Waals surface area contributed by atoms with Gasteiger partial charge in [0, 0.05) is 6.54 Å². The van der Waals surface area contributed by atoms with Crippen LogP contribution in [0.5, 0.6) is 11.6 Å². The van der Waals surface area contributed by atoms with E-state index in [1.807, 2.05) is 13.8 Å². The van der Waals surface area contributed by atoms with Gasteiger partial charge in [0.25, 0.3) is 0 Å². The zero-order valence-electron chi connectivity index (χ0n) is 10.6. The van der Waals surface area contributed by atoms with Crippen molar-refractivity contribution < 1.29 is 9.13 Å². The van der Waals surface area contributed by atoms with Gasteiger partial charge in [-0.3, -0.25) is 0 Å². The number of rotatable bonds is 4. The Morgan fingerprint density at radius 1 is 1.42 bits per heavy atom. The van der Waals surface area contributed by atoms with E-state index in [2.05, 4.69) is 15.3 Å². The summed E-state index contributed by atoms with van der Waals surface area (Å²) in [5.74, 6) is 0.125. The summed E-state index contributed by atoms with van der Waals surface area (Å²) >= 11 is 5.94. The lowest BCUT2D eigenvalue weighted by Crippen LogP contribution is -2.03. The van der Waals surface area contributed by atoms with Crippen molar-refractivity contribution in [2.75, 3.05) is 11.9 Å². The van der Waals surface area contributed by atoms with Gasteiger partial charge in [0.15, 0.2) is 11.6 Å². The van der Waals surface area contributed by atoms with Gasteiger partial charge in [-0.15, -0.1) is 0 Å². The van der Waals surface area contributed by atoms with Crippen LogP contribution in [0.2, 0.25) is 5.02 Å². The summed E-state index contributed by atoms with van der Waals surface area (Å²) in [6.07, 6.45) is 1.41. The molecule has 19 heavy (non-hydrogen) atoms. The lowest BCUT2D eigenvalue weighted by molar-refractivity contribution is 0.427. The van der Waals surface area contributed by atoms with Crippen molar-refractivity contribution in [3.05, 3.63) is 40.8 Å². The standard InChI is InChI=1S/C13H13ClFN3O/c1-3-16-13-17-7-9(14)12(18-13)19-11-6-8(2)4-5-10(11)15/h4-7H,3H2,1-2H3,(H,16,17,18). The molecule has 100 valence electrons. The second-order valence-electron chi connectivity index (χ2n) is 3.91. The Morgan fingerprint density at radius 2 is 2.21 bits per heavy atom. The van der Waals surface area contributed by atoms with Gasteiger partial charge in [-0.2, -0.15) is 4.98 Å². The first kappa shape index (κ1) is 13.5. The van der Waals surface area contributed by atoms with Crippen LogP contribution in [-0.4, -0.2) is 16.5 Å². The topological polar surface area (TPSA) is 47.0 Å². The maximum atomic E-state index is 13.6. The molecular weight excluding hydrogens is 269 g/mol. The molecule has 0 aliphatic carbocycles. The predicted octanol–water partition coefficient (Wildman–Crippen LogP) is 3.80. The highest BCUT2D eigenvalue weighted by Gasteiger charge is 2.11. The second kappa shape index (κ2) is 5.84. The fraction of sp³-hybridized carbons (Fsp3) is 0.231. The number of halogens is 2. The molecule has 4 nitrogen and oxygen atoms in total. The number of anilines is 1. The van der Waals surface area contributed by atoms with Crippen molar-refractivity contribution in [2.24, 2.45) is 0 Å². The Bertz CT molecular complexity index is 592. The number of nitrogens with zero attached hydrogens (tertiary/aromatic N) is 2. The first-order chi connectivity index (χ1) is 9.10. The molecule has 0 saturated carbocycles. The minimum atomic E-state index is -0.467. The van der Waals surface area contributed by atoms with Crippen LogP contribution in [-0.2, 0) is 0 Å². The van der Waals surface area contributed by atoms with E-state index in [1.165, 1.54) is 12.3 Å². The Kier molecular flexibility index (Phi) is 4.16. The van der Waals surface area contributed by atoms with E-state index in [1.54, 1.807) is 12.1 Å². The highest BCUT2D eigenvalue weighted by molar-refractivity contribution is 6.31. The molecule has 0 aliphatic rings. The summed E-state index contributed by atoms with van der Waals surface area (Å²) in [6, 6.07) is 4.58. The van der Waals surface area contributed by atoms with Crippen LogP contribution in [0.1, 0.15) is 12.5 Å². The normalized spacial score (nSPS) is 10.3. The fourth-order valence-corrected chi connectivity index (χ4v) is 1.59. The number of nitrogens with one attached hydrogen (secondary N) is 1. The zero-order valence-corrected chi connectivity index (χ0v) is 11.3. The van der Waals surface area contributed by atoms with Crippen molar-refractivity contribution >= 4 is 17.5 Å². The van der Waals surface area contributed by atoms with Crippen LogP contribution in [0.25, 0.3) is 0 Å². The first-order valence-electron chi connectivity index (χ1n) is 5.80. The van der Waals surface area contributed by atoms with Crippen LogP contribution in [0.15, 0.2) is 24.4 Å². The average molecular weight is 282 g/mol. The number of hydrogen-bond donors (Lipinski definition) is 1. The van der Waals surface area contributed by atoms with Crippen molar-refractivity contribution in [2.45, 2.75) is 13.8 Å². The maximum Gasteiger partial charge on any atom is 0.243 e. The van der Waals surface area contributed by atoms with Gasteiger partial charge >= 0.3 is 0 Å². The van der Waals surface area contributed by atoms with Gasteiger partial charge < -0.3 is 10.1 Å². The van der Waals surface area contributed by atoms with E-state index in [0.29, 0.717) is 12.5 Å². The van der Waals surface area contributed by atoms with E-state index in [9.17, 15) is 4.39 Å². The molecule has 0 radical (unpaired) electrons. The molecule has 0 spiro atoms. The molecule has 0 bridgehead atoms. The first-order valence-corrected chi connectivity index (χ1v) is 6.18. The highest BCUT2D eigenvalue weighted by Crippen LogP contribution is 2.29. The number of aryl methyl sites for hydroxylation is 1. The fourth-order valence-electron chi connectivity index (χ4n) is 1.46. The Labute approximate surface area is 115 Å². The monoisotopic (exact) mass is 281 g/mol. The Balaban J connectivity index is 2.31. The second-order valence-corrected chi connectivity index (χ2v) is 4.32. The summed E-state index contributed by atoms with van der Waals surface area (Å²) in [7, 11) is 0. The summed E-state index contributed by atoms with van der Waals surface area (Å²) in [5.41, 5.74) is 0.883. The zero-order chi connectivity index (χ0) is 13.8. The van der Waals surface area contributed by atoms with E-state index < -0.39 is 5.82 Å². The largest absolute Gasteiger partial charge is 0.434 e. The molecule has 1 aromatic carbocycles. The molecule has 1 N–H and O–H groups in total. The molecule has 6 heteroatoms. The van der Waals surface area contributed by atoms with Crippen LogP contribution < -0.4 is 10.1 Å². The smallest absolute Gasteiger partial charge is 0.243 e. The molecule has 0 atom stereocenters. The van der Waals surface area contributed by atoms with Crippen LogP contribution in [0, 0.1) is 12.7 Å². The van der Waals surface area contributed by atoms with Crippen molar-refractivity contribution in [1.82, 2.24) is 9.97 Å². The third-order valence-electron chi connectivity index (χ3n) is 2.34. The van der Waals surface area contributed by atoms with E-state index in [0.717, 1.165) is 5.56 Å².